The third-order valence-corrected chi connectivity index (χ3v) is 5.28. The smallest absolute Gasteiger partial charge is 0.235 e. The van der Waals surface area contributed by atoms with Crippen molar-refractivity contribution in [1.29, 1.82) is 0 Å². The van der Waals surface area contributed by atoms with E-state index in [1.54, 1.807) is 6.92 Å². The Morgan fingerprint density at radius 1 is 1.46 bits per heavy atom. The summed E-state index contributed by atoms with van der Waals surface area (Å²) >= 11 is 0. The summed E-state index contributed by atoms with van der Waals surface area (Å²) in [5.41, 5.74) is 0. The highest BCUT2D eigenvalue weighted by atomic mass is 35.7. The van der Waals surface area contributed by atoms with Gasteiger partial charge >= 0.3 is 0 Å². The Morgan fingerprint density at radius 3 is 2.54 bits per heavy atom. The fraction of sp³-hybridized carbons (Fsp3) is 1.00. The van der Waals surface area contributed by atoms with Crippen molar-refractivity contribution >= 4 is 19.7 Å². The minimum Gasteiger partial charge on any atom is -0.375 e. The normalized spacial score (nSPS) is 40.9. The molecule has 2 fully saturated rings. The van der Waals surface area contributed by atoms with Gasteiger partial charge in [-0.15, -0.1) is 0 Å². The largest absolute Gasteiger partial charge is 0.375 e. The van der Waals surface area contributed by atoms with Crippen molar-refractivity contribution in [2.45, 2.75) is 43.6 Å². The molecule has 0 aromatic rings. The van der Waals surface area contributed by atoms with Gasteiger partial charge in [-0.3, -0.25) is 0 Å². The molecule has 2 saturated heterocycles. The molecule has 2 rings (SSSR count). The first-order valence-electron chi connectivity index (χ1n) is 4.57. The number of fused-ring (bicyclic) bond motifs is 2. The Labute approximate surface area is 82.8 Å². The molecule has 0 N–H and O–H groups in total. The topological polar surface area (TPSA) is 43.4 Å². The van der Waals surface area contributed by atoms with Gasteiger partial charge in [0, 0.05) is 16.6 Å². The molecule has 4 atom stereocenters. The van der Waals surface area contributed by atoms with E-state index in [9.17, 15) is 8.42 Å². The molecule has 0 radical (unpaired) electrons. The van der Waals surface area contributed by atoms with Crippen molar-refractivity contribution in [3.05, 3.63) is 0 Å². The van der Waals surface area contributed by atoms with Crippen molar-refractivity contribution in [2.75, 3.05) is 0 Å². The molecule has 0 spiro atoms. The van der Waals surface area contributed by atoms with Crippen LogP contribution in [0.25, 0.3) is 0 Å². The lowest BCUT2D eigenvalue weighted by Gasteiger charge is -2.22. The third-order valence-electron chi connectivity index (χ3n) is 3.20. The molecule has 13 heavy (non-hydrogen) atoms. The molecule has 4 unspecified atom stereocenters. The Bertz CT molecular complexity index is 301. The lowest BCUT2D eigenvalue weighted by molar-refractivity contribution is 0.0925. The van der Waals surface area contributed by atoms with E-state index >= 15 is 0 Å². The highest BCUT2D eigenvalue weighted by molar-refractivity contribution is 8.14. The zero-order valence-corrected chi connectivity index (χ0v) is 9.01. The highest BCUT2D eigenvalue weighted by Crippen LogP contribution is 2.42. The highest BCUT2D eigenvalue weighted by Gasteiger charge is 2.46. The summed E-state index contributed by atoms with van der Waals surface area (Å²) in [4.78, 5) is 0. The van der Waals surface area contributed by atoms with Gasteiger partial charge in [0.05, 0.1) is 17.5 Å². The summed E-state index contributed by atoms with van der Waals surface area (Å²) in [6.07, 6.45) is 3.35. The van der Waals surface area contributed by atoms with Crippen LogP contribution in [-0.2, 0) is 13.8 Å². The van der Waals surface area contributed by atoms with Crippen molar-refractivity contribution in [2.24, 2.45) is 5.92 Å². The summed E-state index contributed by atoms with van der Waals surface area (Å²) in [6.45, 7) is 1.68. The van der Waals surface area contributed by atoms with Gasteiger partial charge in [-0.2, -0.15) is 0 Å². The first-order valence-corrected chi connectivity index (χ1v) is 6.94. The van der Waals surface area contributed by atoms with Crippen molar-refractivity contribution in [3.8, 4) is 0 Å². The Kier molecular flexibility index (Phi) is 2.33. The molecule has 5 heteroatoms. The summed E-state index contributed by atoms with van der Waals surface area (Å²) in [7, 11) is 1.90. The standard InChI is InChI=1S/C8H13ClO3S/c1-5(13(9,10)11)7-4-6-2-3-8(7)12-6/h5-8H,2-4H2,1H3. The fourth-order valence-electron chi connectivity index (χ4n) is 2.38. The van der Waals surface area contributed by atoms with Crippen LogP contribution in [0.3, 0.4) is 0 Å². The average molecular weight is 225 g/mol. The van der Waals surface area contributed by atoms with Crippen molar-refractivity contribution < 1.29 is 13.2 Å². The van der Waals surface area contributed by atoms with Crippen LogP contribution in [0.15, 0.2) is 0 Å². The van der Waals surface area contributed by atoms with Crippen LogP contribution in [0, 0.1) is 5.92 Å². The molecular weight excluding hydrogens is 212 g/mol. The summed E-state index contributed by atoms with van der Waals surface area (Å²) < 4.78 is 27.8. The number of rotatable bonds is 2. The van der Waals surface area contributed by atoms with Crippen molar-refractivity contribution in [1.82, 2.24) is 0 Å². The molecular formula is C8H13ClO3S. The predicted molar refractivity (Wildman–Crippen MR) is 50.2 cm³/mol. The van der Waals surface area contributed by atoms with Crippen LogP contribution in [0.2, 0.25) is 0 Å². The molecule has 2 aliphatic rings. The molecule has 2 aliphatic heterocycles. The maximum atomic E-state index is 11.1. The van der Waals surface area contributed by atoms with E-state index in [-0.39, 0.29) is 18.1 Å². The molecule has 0 aromatic carbocycles. The maximum absolute atomic E-state index is 11.1. The van der Waals surface area contributed by atoms with E-state index < -0.39 is 14.3 Å². The van der Waals surface area contributed by atoms with Crippen molar-refractivity contribution in [3.63, 3.8) is 0 Å². The lowest BCUT2D eigenvalue weighted by atomic mass is 9.87. The van der Waals surface area contributed by atoms with Crippen LogP contribution < -0.4 is 0 Å². The second kappa shape index (κ2) is 3.11. The lowest BCUT2D eigenvalue weighted by Crippen LogP contribution is -2.31. The van der Waals surface area contributed by atoms with Crippen LogP contribution in [0.1, 0.15) is 26.2 Å². The number of hydrogen-bond acceptors (Lipinski definition) is 3. The Balaban J connectivity index is 2.11. The van der Waals surface area contributed by atoms with E-state index in [1.165, 1.54) is 0 Å². The molecule has 0 saturated carbocycles. The SMILES string of the molecule is CC(C1CC2CCC1O2)S(=O)(=O)Cl. The molecule has 3 nitrogen and oxygen atoms in total. The number of hydrogen-bond donors (Lipinski definition) is 0. The van der Waals surface area contributed by atoms with Crippen LogP contribution >= 0.6 is 10.7 Å². The minimum atomic E-state index is -3.42. The molecule has 76 valence electrons. The zero-order valence-electron chi connectivity index (χ0n) is 7.44. The van der Waals surface area contributed by atoms with Gasteiger partial charge in [0.15, 0.2) is 0 Å². The summed E-state index contributed by atoms with van der Waals surface area (Å²) in [5, 5.41) is -0.468. The fourth-order valence-corrected chi connectivity index (χ4v) is 3.48. The Hall–Kier alpha value is 0.200. The van der Waals surface area contributed by atoms with E-state index in [2.05, 4.69) is 0 Å². The first kappa shape index (κ1) is 9.74. The second-order valence-corrected chi connectivity index (χ2v) is 6.94. The van der Waals surface area contributed by atoms with Gasteiger partial charge in [0.2, 0.25) is 9.05 Å². The van der Waals surface area contributed by atoms with Gasteiger partial charge in [-0.25, -0.2) is 8.42 Å². The third kappa shape index (κ3) is 1.72. The average Bonchev–Trinajstić information content (AvgIpc) is 2.60. The van der Waals surface area contributed by atoms with E-state index in [0.717, 1.165) is 19.3 Å². The second-order valence-electron chi connectivity index (χ2n) is 3.95. The van der Waals surface area contributed by atoms with Gasteiger partial charge in [0.25, 0.3) is 0 Å². The first-order chi connectivity index (χ1) is 5.98. The van der Waals surface area contributed by atoms with E-state index in [4.69, 9.17) is 15.4 Å². The van der Waals surface area contributed by atoms with Crippen LogP contribution in [-0.4, -0.2) is 25.9 Å². The van der Waals surface area contributed by atoms with E-state index in [1.807, 2.05) is 0 Å². The molecule has 2 bridgehead atoms. The molecule has 0 amide bonds. The monoisotopic (exact) mass is 224 g/mol. The van der Waals surface area contributed by atoms with Gasteiger partial charge in [0.1, 0.15) is 0 Å². The molecule has 0 aliphatic carbocycles. The molecule has 0 aromatic heterocycles. The van der Waals surface area contributed by atoms with Gasteiger partial charge in [-0.05, 0) is 26.2 Å². The number of ether oxygens (including phenoxy) is 1. The maximum Gasteiger partial charge on any atom is 0.235 e. The summed E-state index contributed by atoms with van der Waals surface area (Å²) in [6, 6.07) is 0. The van der Waals surface area contributed by atoms with Crippen LogP contribution in [0.5, 0.6) is 0 Å². The number of halogens is 1. The minimum absolute atomic E-state index is 0.112. The van der Waals surface area contributed by atoms with Crippen LogP contribution in [0.4, 0.5) is 0 Å². The molecule has 2 heterocycles. The quantitative estimate of drug-likeness (QED) is 0.668. The predicted octanol–water partition coefficient (Wildman–Crippen LogP) is 1.51. The van der Waals surface area contributed by atoms with Gasteiger partial charge < -0.3 is 4.74 Å². The summed E-state index contributed by atoms with van der Waals surface area (Å²) in [5.74, 6) is 0.112. The zero-order chi connectivity index (χ0) is 9.64. The van der Waals surface area contributed by atoms with Gasteiger partial charge in [-0.1, -0.05) is 0 Å². The Morgan fingerprint density at radius 2 is 2.15 bits per heavy atom. The van der Waals surface area contributed by atoms with E-state index in [0.29, 0.717) is 0 Å².